The Labute approximate surface area is 170 Å². The smallest absolute Gasteiger partial charge is 0.411 e. The Bertz CT molecular complexity index is 806. The largest absolute Gasteiger partial charge is 0.444 e. The summed E-state index contributed by atoms with van der Waals surface area (Å²) in [5.41, 5.74) is 1.33. The molecule has 6 heteroatoms. The summed E-state index contributed by atoms with van der Waals surface area (Å²) in [6.07, 6.45) is 1.30. The number of ether oxygens (including phenoxy) is 1. The lowest BCUT2D eigenvalue weighted by Crippen LogP contribution is -2.47. The fraction of sp³-hybridized carbons (Fsp3) is 0.381. The Hall–Kier alpha value is -1.91. The minimum absolute atomic E-state index is 0.153. The van der Waals surface area contributed by atoms with Gasteiger partial charge in [0.05, 0.1) is 10.0 Å². The van der Waals surface area contributed by atoms with Gasteiger partial charge in [-0.15, -0.1) is 0 Å². The van der Waals surface area contributed by atoms with Gasteiger partial charge in [0.2, 0.25) is 0 Å². The average Bonchev–Trinajstić information content (AvgIpc) is 3.07. The van der Waals surface area contributed by atoms with E-state index in [1.807, 2.05) is 63.2 Å². The molecule has 1 unspecified atom stereocenters. The summed E-state index contributed by atoms with van der Waals surface area (Å²) in [5.74, 6) is 0. The van der Waals surface area contributed by atoms with Gasteiger partial charge in [0.15, 0.2) is 0 Å². The van der Waals surface area contributed by atoms with Crippen molar-refractivity contribution in [3.05, 3.63) is 58.6 Å². The van der Waals surface area contributed by atoms with Gasteiger partial charge in [-0.05, 0) is 63.9 Å². The van der Waals surface area contributed by atoms with E-state index in [9.17, 15) is 4.79 Å². The third-order valence-corrected chi connectivity index (χ3v) is 5.10. The molecule has 0 spiro atoms. The highest BCUT2D eigenvalue weighted by Crippen LogP contribution is 2.37. The number of hydrogen-bond acceptors (Lipinski definition) is 3. The molecule has 1 fully saturated rings. The number of hydrogen-bond donors (Lipinski definition) is 0. The van der Waals surface area contributed by atoms with Gasteiger partial charge >= 0.3 is 6.09 Å². The Morgan fingerprint density at radius 3 is 2.41 bits per heavy atom. The minimum Gasteiger partial charge on any atom is -0.444 e. The maximum atomic E-state index is 12.8. The normalized spacial score (nSPS) is 17.1. The molecule has 0 N–H and O–H groups in total. The molecule has 4 nitrogen and oxygen atoms in total. The number of carbonyl (C=O) groups excluding carboxylic acids is 1. The first-order valence-corrected chi connectivity index (χ1v) is 9.81. The van der Waals surface area contributed by atoms with Crippen LogP contribution in [0, 0.1) is 0 Å². The van der Waals surface area contributed by atoms with Gasteiger partial charge < -0.3 is 9.64 Å². The van der Waals surface area contributed by atoms with Crippen LogP contribution in [0.3, 0.4) is 0 Å². The van der Waals surface area contributed by atoms with Gasteiger partial charge in [0.1, 0.15) is 11.8 Å². The van der Waals surface area contributed by atoms with Crippen LogP contribution in [0.15, 0.2) is 48.5 Å². The van der Waals surface area contributed by atoms with Crippen molar-refractivity contribution in [3.63, 3.8) is 0 Å². The first-order chi connectivity index (χ1) is 12.8. The third-order valence-electron chi connectivity index (χ3n) is 4.36. The molecule has 0 aliphatic carbocycles. The molecule has 2 aromatic rings. The predicted octanol–water partition coefficient (Wildman–Crippen LogP) is 6.49. The quantitative estimate of drug-likeness (QED) is 0.583. The predicted molar refractivity (Wildman–Crippen MR) is 111 cm³/mol. The molecule has 1 aliphatic heterocycles. The standard InChI is InChI=1S/C21H24Cl2N2O2/c1-21(2,3)27-20(26)24-13-7-10-19(24)25(15-8-5-4-6-9-15)16-11-12-17(22)18(23)14-16/h4-6,8-9,11-12,14,19H,7,10,13H2,1-3H3. The summed E-state index contributed by atoms with van der Waals surface area (Å²) >= 11 is 12.4. The van der Waals surface area contributed by atoms with Crippen LogP contribution in [-0.4, -0.2) is 29.3 Å². The fourth-order valence-corrected chi connectivity index (χ4v) is 3.56. The van der Waals surface area contributed by atoms with Crippen LogP contribution in [0.5, 0.6) is 0 Å². The van der Waals surface area contributed by atoms with Crippen LogP contribution in [0.25, 0.3) is 0 Å². The number of para-hydroxylation sites is 1. The van der Waals surface area contributed by atoms with Crippen LogP contribution in [0.2, 0.25) is 10.0 Å². The molecule has 27 heavy (non-hydrogen) atoms. The Morgan fingerprint density at radius 2 is 1.78 bits per heavy atom. The molecule has 0 aromatic heterocycles. The van der Waals surface area contributed by atoms with Crippen molar-refractivity contribution >= 4 is 40.7 Å². The van der Waals surface area contributed by atoms with E-state index in [4.69, 9.17) is 27.9 Å². The summed E-state index contributed by atoms with van der Waals surface area (Å²) in [7, 11) is 0. The second-order valence-corrected chi connectivity index (χ2v) is 8.41. The highest BCUT2D eigenvalue weighted by Gasteiger charge is 2.36. The average molecular weight is 407 g/mol. The number of amides is 1. The van der Waals surface area contributed by atoms with E-state index in [-0.39, 0.29) is 12.3 Å². The van der Waals surface area contributed by atoms with Gasteiger partial charge in [0, 0.05) is 17.9 Å². The first kappa shape index (κ1) is 19.8. The minimum atomic E-state index is -0.536. The molecule has 0 bridgehead atoms. The number of halogens is 2. The molecular formula is C21H24Cl2N2O2. The summed E-state index contributed by atoms with van der Waals surface area (Å²) in [6.45, 7) is 6.29. The maximum Gasteiger partial charge on any atom is 0.411 e. The van der Waals surface area contributed by atoms with Gasteiger partial charge in [0.25, 0.3) is 0 Å². The van der Waals surface area contributed by atoms with Crippen molar-refractivity contribution in [1.29, 1.82) is 0 Å². The second-order valence-electron chi connectivity index (χ2n) is 7.60. The molecule has 1 saturated heterocycles. The number of anilines is 2. The van der Waals surface area contributed by atoms with Crippen LogP contribution >= 0.6 is 23.2 Å². The Morgan fingerprint density at radius 1 is 1.07 bits per heavy atom. The number of benzene rings is 2. The molecule has 1 amide bonds. The van der Waals surface area contributed by atoms with Crippen LogP contribution in [0.1, 0.15) is 33.6 Å². The zero-order valence-electron chi connectivity index (χ0n) is 15.8. The SMILES string of the molecule is CC(C)(C)OC(=O)N1CCCC1N(c1ccccc1)c1ccc(Cl)c(Cl)c1. The lowest BCUT2D eigenvalue weighted by molar-refractivity contribution is 0.0231. The van der Waals surface area contributed by atoms with Gasteiger partial charge in [-0.25, -0.2) is 4.79 Å². The molecule has 2 aromatic carbocycles. The fourth-order valence-electron chi connectivity index (χ4n) is 3.27. The number of carbonyl (C=O) groups is 1. The van der Waals surface area contributed by atoms with Crippen molar-refractivity contribution in [2.75, 3.05) is 11.4 Å². The number of likely N-dealkylation sites (tertiary alicyclic amines) is 1. The van der Waals surface area contributed by atoms with Gasteiger partial charge in [-0.1, -0.05) is 41.4 Å². The van der Waals surface area contributed by atoms with E-state index in [2.05, 4.69) is 4.90 Å². The second kappa shape index (κ2) is 7.99. The van der Waals surface area contributed by atoms with Crippen molar-refractivity contribution in [2.24, 2.45) is 0 Å². The molecule has 1 heterocycles. The molecule has 1 aliphatic rings. The Balaban J connectivity index is 1.99. The van der Waals surface area contributed by atoms with E-state index >= 15 is 0 Å². The molecule has 0 radical (unpaired) electrons. The Kier molecular flexibility index (Phi) is 5.87. The zero-order valence-corrected chi connectivity index (χ0v) is 17.3. The van der Waals surface area contributed by atoms with Gasteiger partial charge in [-0.2, -0.15) is 0 Å². The van der Waals surface area contributed by atoms with E-state index in [1.54, 1.807) is 11.0 Å². The monoisotopic (exact) mass is 406 g/mol. The summed E-state index contributed by atoms with van der Waals surface area (Å²) in [5, 5.41) is 0.987. The molecular weight excluding hydrogens is 383 g/mol. The lowest BCUT2D eigenvalue weighted by Gasteiger charge is -2.37. The highest BCUT2D eigenvalue weighted by molar-refractivity contribution is 6.42. The van der Waals surface area contributed by atoms with E-state index in [0.29, 0.717) is 16.6 Å². The van der Waals surface area contributed by atoms with Gasteiger partial charge in [-0.3, -0.25) is 4.90 Å². The maximum absolute atomic E-state index is 12.8. The summed E-state index contributed by atoms with van der Waals surface area (Å²) < 4.78 is 5.63. The van der Waals surface area contributed by atoms with Crippen LogP contribution in [-0.2, 0) is 4.74 Å². The first-order valence-electron chi connectivity index (χ1n) is 9.05. The molecule has 0 saturated carbocycles. The van der Waals surface area contributed by atoms with Crippen LogP contribution in [0.4, 0.5) is 16.2 Å². The van der Waals surface area contributed by atoms with E-state index < -0.39 is 5.60 Å². The highest BCUT2D eigenvalue weighted by atomic mass is 35.5. The van der Waals surface area contributed by atoms with Crippen molar-refractivity contribution in [3.8, 4) is 0 Å². The lowest BCUT2D eigenvalue weighted by atomic mass is 10.2. The third kappa shape index (κ3) is 4.69. The summed E-state index contributed by atoms with van der Waals surface area (Å²) in [4.78, 5) is 16.7. The van der Waals surface area contributed by atoms with Crippen molar-refractivity contribution in [2.45, 2.75) is 45.4 Å². The van der Waals surface area contributed by atoms with Crippen LogP contribution < -0.4 is 4.90 Å². The zero-order chi connectivity index (χ0) is 19.6. The van der Waals surface area contributed by atoms with E-state index in [1.165, 1.54) is 0 Å². The van der Waals surface area contributed by atoms with Crippen molar-refractivity contribution in [1.82, 2.24) is 4.90 Å². The number of rotatable bonds is 3. The molecule has 144 valence electrons. The molecule has 1 atom stereocenters. The topological polar surface area (TPSA) is 32.8 Å². The number of nitrogens with zero attached hydrogens (tertiary/aromatic N) is 2. The molecule has 3 rings (SSSR count). The van der Waals surface area contributed by atoms with E-state index in [0.717, 1.165) is 24.2 Å². The van der Waals surface area contributed by atoms with Crippen molar-refractivity contribution < 1.29 is 9.53 Å². The summed E-state index contributed by atoms with van der Waals surface area (Å²) in [6, 6.07) is 15.5.